The molecule has 1 fully saturated rings. The predicted molar refractivity (Wildman–Crippen MR) is 79.3 cm³/mol. The molecule has 1 N–H and O–H groups in total. The molecular weight excluding hydrogens is 236 g/mol. The second-order valence-electron chi connectivity index (χ2n) is 6.08. The summed E-state index contributed by atoms with van der Waals surface area (Å²) in [6, 6.07) is 2.61. The summed E-state index contributed by atoms with van der Waals surface area (Å²) in [5, 5.41) is 8.10. The Bertz CT molecular complexity index is 391. The lowest BCUT2D eigenvalue weighted by atomic mass is 9.74. The van der Waals surface area contributed by atoms with Gasteiger partial charge in [0.25, 0.3) is 0 Å². The van der Waals surface area contributed by atoms with Crippen molar-refractivity contribution in [2.45, 2.75) is 50.1 Å². The van der Waals surface area contributed by atoms with Crippen LogP contribution in [0, 0.1) is 0 Å². The maximum Gasteiger partial charge on any atom is 0.0640 e. The van der Waals surface area contributed by atoms with Crippen LogP contribution in [0.25, 0.3) is 0 Å². The van der Waals surface area contributed by atoms with E-state index >= 15 is 0 Å². The molecule has 1 unspecified atom stereocenters. The van der Waals surface area contributed by atoms with Gasteiger partial charge in [0, 0.05) is 31.2 Å². The lowest BCUT2D eigenvalue weighted by Gasteiger charge is -2.48. The summed E-state index contributed by atoms with van der Waals surface area (Å²) in [7, 11) is 8.54. The van der Waals surface area contributed by atoms with E-state index in [0.717, 1.165) is 6.42 Å². The molecule has 0 bridgehead atoms. The summed E-state index contributed by atoms with van der Waals surface area (Å²) < 4.78 is 1.89. The van der Waals surface area contributed by atoms with E-state index in [2.05, 4.69) is 42.5 Å². The van der Waals surface area contributed by atoms with Gasteiger partial charge < -0.3 is 10.2 Å². The van der Waals surface area contributed by atoms with Gasteiger partial charge in [-0.1, -0.05) is 19.3 Å². The maximum atomic E-state index is 4.54. The molecule has 1 aromatic rings. The fourth-order valence-corrected chi connectivity index (χ4v) is 3.61. The van der Waals surface area contributed by atoms with Crippen LogP contribution in [-0.4, -0.2) is 47.4 Å². The smallest absolute Gasteiger partial charge is 0.0640 e. The van der Waals surface area contributed by atoms with Gasteiger partial charge in [0.2, 0.25) is 0 Å². The van der Waals surface area contributed by atoms with Gasteiger partial charge in [-0.05, 0) is 40.1 Å². The predicted octanol–water partition coefficient (Wildman–Crippen LogP) is 1.82. The molecule has 0 aliphatic heterocycles. The first kappa shape index (κ1) is 14.5. The lowest BCUT2D eigenvalue weighted by molar-refractivity contribution is 0.0594. The van der Waals surface area contributed by atoms with Gasteiger partial charge >= 0.3 is 0 Å². The molecule has 0 amide bonds. The molecule has 0 radical (unpaired) electrons. The quantitative estimate of drug-likeness (QED) is 0.880. The Balaban J connectivity index is 2.17. The zero-order valence-corrected chi connectivity index (χ0v) is 12.8. The Hall–Kier alpha value is -0.870. The normalized spacial score (nSPS) is 20.7. The lowest BCUT2D eigenvalue weighted by Crippen LogP contribution is -2.60. The number of likely N-dealkylation sites (N-methyl/N-ethyl adjacent to an activating group) is 2. The molecule has 108 valence electrons. The van der Waals surface area contributed by atoms with Gasteiger partial charge in [-0.2, -0.15) is 5.10 Å². The first-order valence-electron chi connectivity index (χ1n) is 7.42. The third-order valence-corrected chi connectivity index (χ3v) is 4.79. The third-order valence-electron chi connectivity index (χ3n) is 4.79. The highest BCUT2D eigenvalue weighted by Gasteiger charge is 2.41. The highest BCUT2D eigenvalue weighted by atomic mass is 15.3. The van der Waals surface area contributed by atoms with E-state index in [1.165, 1.54) is 37.8 Å². The standard InChI is InChI=1S/C15H28N4/c1-16-14(12-13-8-11-19(4)17-13)15(18(2)3)9-6-5-7-10-15/h8,11,14,16H,5-7,9-10,12H2,1-4H3. The van der Waals surface area contributed by atoms with Crippen LogP contribution in [0.3, 0.4) is 0 Å². The van der Waals surface area contributed by atoms with Gasteiger partial charge in [0.05, 0.1) is 5.69 Å². The molecule has 0 aromatic carbocycles. The fraction of sp³-hybridized carbons (Fsp3) is 0.800. The highest BCUT2D eigenvalue weighted by molar-refractivity contribution is 5.08. The highest BCUT2D eigenvalue weighted by Crippen LogP contribution is 2.36. The minimum Gasteiger partial charge on any atom is -0.315 e. The molecule has 1 aliphatic carbocycles. The number of hydrogen-bond acceptors (Lipinski definition) is 3. The Labute approximate surface area is 117 Å². The van der Waals surface area contributed by atoms with E-state index in [0.29, 0.717) is 6.04 Å². The Morgan fingerprint density at radius 3 is 2.53 bits per heavy atom. The minimum atomic E-state index is 0.282. The number of hydrogen-bond donors (Lipinski definition) is 1. The average Bonchev–Trinajstić information content (AvgIpc) is 2.82. The molecule has 1 aliphatic rings. The van der Waals surface area contributed by atoms with Crippen molar-refractivity contribution in [3.63, 3.8) is 0 Å². The van der Waals surface area contributed by atoms with Crippen molar-refractivity contribution in [3.8, 4) is 0 Å². The molecule has 2 rings (SSSR count). The monoisotopic (exact) mass is 264 g/mol. The number of aromatic nitrogens is 2. The summed E-state index contributed by atoms with van der Waals surface area (Å²) in [5.74, 6) is 0. The molecule has 1 atom stereocenters. The number of rotatable bonds is 5. The van der Waals surface area contributed by atoms with Crippen molar-refractivity contribution in [1.82, 2.24) is 20.0 Å². The first-order chi connectivity index (χ1) is 9.08. The number of nitrogens with one attached hydrogen (secondary N) is 1. The maximum absolute atomic E-state index is 4.54. The molecule has 1 saturated carbocycles. The van der Waals surface area contributed by atoms with Gasteiger partial charge in [-0.15, -0.1) is 0 Å². The van der Waals surface area contributed by atoms with Crippen LogP contribution in [0.5, 0.6) is 0 Å². The SMILES string of the molecule is CNC(Cc1ccn(C)n1)C1(N(C)C)CCCCC1. The van der Waals surface area contributed by atoms with E-state index in [1.807, 2.05) is 17.9 Å². The molecule has 1 heterocycles. The van der Waals surface area contributed by atoms with E-state index in [1.54, 1.807) is 0 Å². The van der Waals surface area contributed by atoms with Crippen molar-refractivity contribution in [2.24, 2.45) is 7.05 Å². The largest absolute Gasteiger partial charge is 0.315 e. The Morgan fingerprint density at radius 2 is 2.05 bits per heavy atom. The topological polar surface area (TPSA) is 33.1 Å². The summed E-state index contributed by atoms with van der Waals surface area (Å²) in [5.41, 5.74) is 1.47. The zero-order valence-electron chi connectivity index (χ0n) is 12.8. The summed E-state index contributed by atoms with van der Waals surface area (Å²) in [6.07, 6.45) is 9.70. The fourth-order valence-electron chi connectivity index (χ4n) is 3.61. The van der Waals surface area contributed by atoms with Crippen molar-refractivity contribution in [2.75, 3.05) is 21.1 Å². The van der Waals surface area contributed by atoms with Crippen molar-refractivity contribution >= 4 is 0 Å². The van der Waals surface area contributed by atoms with Gasteiger partial charge in [-0.3, -0.25) is 4.68 Å². The second-order valence-corrected chi connectivity index (χ2v) is 6.08. The summed E-state index contributed by atoms with van der Waals surface area (Å²) in [6.45, 7) is 0. The van der Waals surface area contributed by atoms with Gasteiger partial charge in [-0.25, -0.2) is 0 Å². The summed E-state index contributed by atoms with van der Waals surface area (Å²) >= 11 is 0. The molecule has 4 nitrogen and oxygen atoms in total. The molecule has 0 spiro atoms. The molecule has 0 saturated heterocycles. The molecular formula is C15H28N4. The average molecular weight is 264 g/mol. The molecule has 19 heavy (non-hydrogen) atoms. The van der Waals surface area contributed by atoms with Crippen LogP contribution in [0.4, 0.5) is 0 Å². The Kier molecular flexibility index (Phi) is 4.63. The second kappa shape index (κ2) is 6.06. The van der Waals surface area contributed by atoms with E-state index in [4.69, 9.17) is 0 Å². The molecule has 4 heteroatoms. The van der Waals surface area contributed by atoms with E-state index in [9.17, 15) is 0 Å². The van der Waals surface area contributed by atoms with Crippen molar-refractivity contribution < 1.29 is 0 Å². The summed E-state index contributed by atoms with van der Waals surface area (Å²) in [4.78, 5) is 2.44. The number of nitrogens with zero attached hydrogens (tertiary/aromatic N) is 3. The minimum absolute atomic E-state index is 0.282. The van der Waals surface area contributed by atoms with Crippen LogP contribution in [-0.2, 0) is 13.5 Å². The third kappa shape index (κ3) is 3.00. The zero-order chi connectivity index (χ0) is 13.9. The van der Waals surface area contributed by atoms with Gasteiger partial charge in [0.1, 0.15) is 0 Å². The van der Waals surface area contributed by atoms with Crippen molar-refractivity contribution in [1.29, 1.82) is 0 Å². The van der Waals surface area contributed by atoms with E-state index in [-0.39, 0.29) is 5.54 Å². The van der Waals surface area contributed by atoms with Gasteiger partial charge in [0.15, 0.2) is 0 Å². The van der Waals surface area contributed by atoms with Crippen molar-refractivity contribution in [3.05, 3.63) is 18.0 Å². The van der Waals surface area contributed by atoms with Crippen LogP contribution in [0.2, 0.25) is 0 Å². The van der Waals surface area contributed by atoms with Crippen LogP contribution in [0.1, 0.15) is 37.8 Å². The Morgan fingerprint density at radius 1 is 1.37 bits per heavy atom. The first-order valence-corrected chi connectivity index (χ1v) is 7.42. The van der Waals surface area contributed by atoms with E-state index < -0.39 is 0 Å². The van der Waals surface area contributed by atoms with Crippen LogP contribution >= 0.6 is 0 Å². The van der Waals surface area contributed by atoms with Crippen LogP contribution < -0.4 is 5.32 Å². The number of aryl methyl sites for hydroxylation is 1. The molecule has 1 aromatic heterocycles. The van der Waals surface area contributed by atoms with Crippen LogP contribution in [0.15, 0.2) is 12.3 Å².